The number of carbonyl (C=O) groups excluding carboxylic acids is 2. The molecule has 0 spiro atoms. The molecule has 326 valence electrons. The zero-order valence-corrected chi connectivity index (χ0v) is 37.6. The molecule has 0 rings (SSSR count). The second-order valence-electron chi connectivity index (χ2n) is 16.8. The molecule has 0 bridgehead atoms. The summed E-state index contributed by atoms with van der Waals surface area (Å²) < 4.78 is 34.3. The minimum Gasteiger partial charge on any atom is -0.462 e. The zero-order chi connectivity index (χ0) is 40.7. The lowest BCUT2D eigenvalue weighted by molar-refractivity contribution is -0.870. The van der Waals surface area contributed by atoms with E-state index in [0.717, 1.165) is 32.1 Å². The van der Waals surface area contributed by atoms with Gasteiger partial charge in [-0.2, -0.15) is 0 Å². The van der Waals surface area contributed by atoms with Crippen LogP contribution in [0, 0.1) is 0 Å². The highest BCUT2D eigenvalue weighted by Crippen LogP contribution is 2.43. The zero-order valence-electron chi connectivity index (χ0n) is 36.7. The van der Waals surface area contributed by atoms with E-state index in [1.807, 2.05) is 21.1 Å². The maximum absolute atomic E-state index is 12.7. The molecule has 0 aliphatic heterocycles. The van der Waals surface area contributed by atoms with Crippen LogP contribution in [0.5, 0.6) is 0 Å². The molecule has 2 atom stereocenters. The van der Waals surface area contributed by atoms with Gasteiger partial charge in [0.1, 0.15) is 19.8 Å². The van der Waals surface area contributed by atoms with E-state index in [0.29, 0.717) is 23.9 Å². The number of hydrogen-bond donors (Lipinski definition) is 1. The summed E-state index contributed by atoms with van der Waals surface area (Å²) in [6, 6.07) is 0. The number of nitrogens with zero attached hydrogens (tertiary/aromatic N) is 1. The summed E-state index contributed by atoms with van der Waals surface area (Å²) in [5.41, 5.74) is 0. The van der Waals surface area contributed by atoms with E-state index < -0.39 is 26.5 Å². The third-order valence-electron chi connectivity index (χ3n) is 10.0. The van der Waals surface area contributed by atoms with Gasteiger partial charge >= 0.3 is 19.8 Å². The average molecular weight is 803 g/mol. The highest BCUT2D eigenvalue weighted by Gasteiger charge is 2.27. The monoisotopic (exact) mass is 803 g/mol. The van der Waals surface area contributed by atoms with Crippen LogP contribution in [0.3, 0.4) is 0 Å². The Balaban J connectivity index is 4.30. The Hall–Kier alpha value is -1.25. The predicted molar refractivity (Wildman–Crippen MR) is 229 cm³/mol. The van der Waals surface area contributed by atoms with Crippen LogP contribution in [0.2, 0.25) is 0 Å². The summed E-state index contributed by atoms with van der Waals surface area (Å²) in [4.78, 5) is 35.4. The first-order valence-corrected chi connectivity index (χ1v) is 24.4. The molecule has 1 N–H and O–H groups in total. The maximum atomic E-state index is 12.7. The van der Waals surface area contributed by atoms with Crippen molar-refractivity contribution in [1.82, 2.24) is 0 Å². The normalized spacial score (nSPS) is 13.6. The summed E-state index contributed by atoms with van der Waals surface area (Å²) in [5, 5.41) is 0. The lowest BCUT2D eigenvalue weighted by Crippen LogP contribution is -2.37. The van der Waals surface area contributed by atoms with Gasteiger partial charge in [0.15, 0.2) is 6.10 Å². The third-order valence-corrected chi connectivity index (χ3v) is 11.0. The SMILES string of the molecule is CCCCCC/C=C/CCCCCCCCCCCC(=O)OC[C@H](COP(=O)(O)OCC[N+](C)(C)C)OC(=O)CCCCCCCCCCCCCCCC. The van der Waals surface area contributed by atoms with Crippen molar-refractivity contribution < 1.29 is 42.1 Å². The lowest BCUT2D eigenvalue weighted by Gasteiger charge is -2.24. The van der Waals surface area contributed by atoms with Crippen LogP contribution in [0.1, 0.15) is 213 Å². The number of hydrogen-bond acceptors (Lipinski definition) is 7. The molecule has 0 aromatic carbocycles. The van der Waals surface area contributed by atoms with Gasteiger partial charge in [0.2, 0.25) is 0 Å². The molecule has 0 aliphatic rings. The van der Waals surface area contributed by atoms with Crippen molar-refractivity contribution >= 4 is 19.8 Å². The predicted octanol–water partition coefficient (Wildman–Crippen LogP) is 13.0. The highest BCUT2D eigenvalue weighted by atomic mass is 31.2. The minimum absolute atomic E-state index is 0.0347. The number of quaternary nitrogens is 1. The van der Waals surface area contributed by atoms with Gasteiger partial charge in [-0.1, -0.05) is 174 Å². The van der Waals surface area contributed by atoms with Crippen molar-refractivity contribution in [2.24, 2.45) is 0 Å². The minimum atomic E-state index is -4.37. The Morgan fingerprint density at radius 3 is 1.36 bits per heavy atom. The van der Waals surface area contributed by atoms with E-state index >= 15 is 0 Å². The van der Waals surface area contributed by atoms with E-state index in [-0.39, 0.29) is 25.6 Å². The molecule has 0 saturated heterocycles. The van der Waals surface area contributed by atoms with Crippen molar-refractivity contribution in [3.8, 4) is 0 Å². The van der Waals surface area contributed by atoms with Crippen LogP contribution in [0.25, 0.3) is 0 Å². The fourth-order valence-electron chi connectivity index (χ4n) is 6.42. The molecule has 0 radical (unpaired) electrons. The van der Waals surface area contributed by atoms with E-state index in [1.54, 1.807) is 0 Å². The number of allylic oxidation sites excluding steroid dienone is 2. The molecule has 0 amide bonds. The van der Waals surface area contributed by atoms with Gasteiger partial charge in [0.25, 0.3) is 0 Å². The van der Waals surface area contributed by atoms with Gasteiger partial charge < -0.3 is 18.9 Å². The fraction of sp³-hybridized carbons (Fsp3) is 0.911. The molecule has 10 heteroatoms. The second kappa shape index (κ2) is 38.3. The first-order chi connectivity index (χ1) is 26.5. The van der Waals surface area contributed by atoms with Crippen LogP contribution in [0.4, 0.5) is 0 Å². The van der Waals surface area contributed by atoms with Gasteiger partial charge in [0, 0.05) is 12.8 Å². The Morgan fingerprint density at radius 2 is 0.927 bits per heavy atom. The molecule has 9 nitrogen and oxygen atoms in total. The van der Waals surface area contributed by atoms with E-state index in [1.165, 1.54) is 148 Å². The van der Waals surface area contributed by atoms with Crippen molar-refractivity contribution in [2.75, 3.05) is 47.5 Å². The summed E-state index contributed by atoms with van der Waals surface area (Å²) in [5.74, 6) is -0.790. The molecule has 0 saturated carbocycles. The number of rotatable bonds is 42. The number of esters is 2. The molecule has 0 heterocycles. The molecule has 55 heavy (non-hydrogen) atoms. The first kappa shape index (κ1) is 53.8. The standard InChI is InChI=1S/C45H88NO8P/c1-6-8-10-12-14-16-18-20-22-23-24-26-27-29-31-33-35-37-44(47)51-41-43(42-53-55(49,50)52-40-39-46(3,4)5)54-45(48)38-36-34-32-30-28-25-21-19-17-15-13-11-9-7-2/h16,18,43H,6-15,17,19-42H2,1-5H3/p+1/b18-16+/t43-/m1/s1. The van der Waals surface area contributed by atoms with Crippen molar-refractivity contribution in [3.63, 3.8) is 0 Å². The van der Waals surface area contributed by atoms with Crippen LogP contribution in [-0.4, -0.2) is 74.9 Å². The smallest absolute Gasteiger partial charge is 0.462 e. The van der Waals surface area contributed by atoms with E-state index in [2.05, 4.69) is 26.0 Å². The topological polar surface area (TPSA) is 108 Å². The molecule has 0 aromatic rings. The summed E-state index contributed by atoms with van der Waals surface area (Å²) in [7, 11) is 1.49. The van der Waals surface area contributed by atoms with Gasteiger partial charge in [-0.3, -0.25) is 18.6 Å². The Labute approximate surface area is 339 Å². The number of phosphoric ester groups is 1. The number of unbranched alkanes of at least 4 members (excludes halogenated alkanes) is 26. The van der Waals surface area contributed by atoms with Crippen LogP contribution in [0.15, 0.2) is 12.2 Å². The van der Waals surface area contributed by atoms with Gasteiger partial charge in [-0.05, 0) is 38.5 Å². The maximum Gasteiger partial charge on any atom is 0.472 e. The Morgan fingerprint density at radius 1 is 0.545 bits per heavy atom. The molecule has 0 fully saturated rings. The van der Waals surface area contributed by atoms with E-state index in [9.17, 15) is 19.0 Å². The second-order valence-corrected chi connectivity index (χ2v) is 18.2. The van der Waals surface area contributed by atoms with Gasteiger partial charge in [0.05, 0.1) is 27.7 Å². The average Bonchev–Trinajstić information content (AvgIpc) is 3.13. The largest absolute Gasteiger partial charge is 0.472 e. The number of phosphoric acid groups is 1. The van der Waals surface area contributed by atoms with Crippen LogP contribution < -0.4 is 0 Å². The number of likely N-dealkylation sites (N-methyl/N-ethyl adjacent to an activating group) is 1. The van der Waals surface area contributed by atoms with Crippen molar-refractivity contribution in [3.05, 3.63) is 12.2 Å². The van der Waals surface area contributed by atoms with Crippen molar-refractivity contribution in [1.29, 1.82) is 0 Å². The lowest BCUT2D eigenvalue weighted by atomic mass is 10.0. The Bertz CT molecular complexity index is 954. The molecule has 0 aliphatic carbocycles. The quantitative estimate of drug-likeness (QED) is 0.0214. The third kappa shape index (κ3) is 42.2. The highest BCUT2D eigenvalue weighted by molar-refractivity contribution is 7.47. The number of ether oxygens (including phenoxy) is 2. The summed E-state index contributed by atoms with van der Waals surface area (Å²) >= 11 is 0. The van der Waals surface area contributed by atoms with Gasteiger partial charge in [-0.25, -0.2) is 4.57 Å². The van der Waals surface area contributed by atoms with Crippen molar-refractivity contribution in [2.45, 2.75) is 219 Å². The molecule has 1 unspecified atom stereocenters. The first-order valence-electron chi connectivity index (χ1n) is 22.9. The van der Waals surface area contributed by atoms with Crippen LogP contribution >= 0.6 is 7.82 Å². The number of carbonyl (C=O) groups is 2. The van der Waals surface area contributed by atoms with E-state index in [4.69, 9.17) is 18.5 Å². The molecular formula is C45H89NO8P+. The fourth-order valence-corrected chi connectivity index (χ4v) is 7.16. The summed E-state index contributed by atoms with van der Waals surface area (Å²) in [6.45, 7) is 4.44. The van der Waals surface area contributed by atoms with Gasteiger partial charge in [-0.15, -0.1) is 0 Å². The Kier molecular flexibility index (Phi) is 37.4. The molecule has 0 aromatic heterocycles. The summed E-state index contributed by atoms with van der Waals surface area (Å²) in [6.07, 6.45) is 39.6. The van der Waals surface area contributed by atoms with Crippen LogP contribution in [-0.2, 0) is 32.7 Å². The molecular weight excluding hydrogens is 713 g/mol.